The Balaban J connectivity index is -0.000000333. The van der Waals surface area contributed by atoms with Crippen molar-refractivity contribution in [2.45, 2.75) is 26.7 Å². The van der Waals surface area contributed by atoms with Crippen LogP contribution in [0, 0.1) is 6.92 Å². The van der Waals surface area contributed by atoms with Crippen molar-refractivity contribution in [1.82, 2.24) is 0 Å². The van der Waals surface area contributed by atoms with Crippen molar-refractivity contribution >= 4 is 0 Å². The molecule has 1 aromatic carbocycles. The van der Waals surface area contributed by atoms with E-state index in [0.717, 1.165) is 0 Å². The van der Waals surface area contributed by atoms with E-state index in [-0.39, 0.29) is 29.2 Å². The van der Waals surface area contributed by atoms with Crippen molar-refractivity contribution in [1.29, 1.82) is 0 Å². The molecule has 0 nitrogen and oxygen atoms in total. The van der Waals surface area contributed by atoms with Crippen LogP contribution in [0.3, 0.4) is 0 Å². The molecule has 0 amide bonds. The smallest absolute Gasteiger partial charge is 1.00 e. The van der Waals surface area contributed by atoms with Gasteiger partial charge < -0.3 is 9.41 Å². The van der Waals surface area contributed by atoms with Crippen molar-refractivity contribution in [2.75, 3.05) is 0 Å². The van der Waals surface area contributed by atoms with Crippen LogP contribution in [0.2, 0.25) is 0 Å². The minimum absolute atomic E-state index is 0. The van der Waals surface area contributed by atoms with Crippen molar-refractivity contribution < 1.29 is 29.2 Å². The second-order valence-electron chi connectivity index (χ2n) is 3.07. The molecule has 0 unspecified atom stereocenters. The molecule has 0 aromatic heterocycles. The Morgan fingerprint density at radius 2 is 1.31 bits per heavy atom. The van der Waals surface area contributed by atoms with Crippen LogP contribution < -0.4 is 9.41 Å². The maximum Gasteiger partial charge on any atom is 2.00 e. The molecule has 13 heavy (non-hydrogen) atoms. The summed E-state index contributed by atoms with van der Waals surface area (Å²) in [6, 6.07) is 8.71. The molecule has 0 heterocycles. The maximum atomic E-state index is 2.21. The third-order valence-corrected chi connectivity index (χ3v) is 1.74. The van der Waals surface area contributed by atoms with E-state index in [2.05, 4.69) is 45.0 Å². The Morgan fingerprint density at radius 1 is 0.923 bits per heavy atom. The largest absolute Gasteiger partial charge is 2.00 e. The summed E-state index contributed by atoms with van der Waals surface area (Å²) < 4.78 is 0. The maximum absolute atomic E-state index is 2.21. The van der Waals surface area contributed by atoms with Crippen molar-refractivity contribution in [3.63, 3.8) is 0 Å². The van der Waals surface area contributed by atoms with Crippen LogP contribution in [-0.4, -0.2) is 0 Å². The second kappa shape index (κ2) is 8.32. The summed E-state index contributed by atoms with van der Waals surface area (Å²) in [5.41, 5.74) is 2.76. The van der Waals surface area contributed by atoms with E-state index in [1.54, 1.807) is 0 Å². The molecule has 0 spiro atoms. The molecule has 1 aromatic rings. The molecule has 0 N–H and O–H groups in total. The topological polar surface area (TPSA) is 0 Å². The predicted octanol–water partition coefficient (Wildman–Crippen LogP) is -2.88. The van der Waals surface area contributed by atoms with Crippen molar-refractivity contribution in [3.8, 4) is 0 Å². The van der Waals surface area contributed by atoms with Gasteiger partial charge in [-0.15, -0.1) is 0 Å². The standard InChI is InChI=1S/C10H14.2FH.Os/c1-8(2)10-6-4-9(3)5-7-10;;;/h4-8H,1-3H3;2*1H;/q;;;+2/p-2. The first kappa shape index (κ1) is 18.5. The summed E-state index contributed by atoms with van der Waals surface area (Å²) in [5, 5.41) is 0. The van der Waals surface area contributed by atoms with Crippen LogP contribution in [0.1, 0.15) is 30.9 Å². The van der Waals surface area contributed by atoms with Gasteiger partial charge in [-0.25, -0.2) is 0 Å². The van der Waals surface area contributed by atoms with E-state index in [0.29, 0.717) is 5.92 Å². The van der Waals surface area contributed by atoms with Gasteiger partial charge in [-0.2, -0.15) is 0 Å². The van der Waals surface area contributed by atoms with Crippen LogP contribution in [0.4, 0.5) is 0 Å². The van der Waals surface area contributed by atoms with Crippen molar-refractivity contribution in [2.24, 2.45) is 0 Å². The molecule has 0 atom stereocenters. The fourth-order valence-electron chi connectivity index (χ4n) is 0.951. The molecular weight excluding hydrogens is 348 g/mol. The van der Waals surface area contributed by atoms with E-state index in [4.69, 9.17) is 0 Å². The van der Waals surface area contributed by atoms with Gasteiger partial charge in [0.1, 0.15) is 0 Å². The molecule has 0 radical (unpaired) electrons. The Labute approximate surface area is 91.5 Å². The van der Waals surface area contributed by atoms with Crippen LogP contribution in [-0.2, 0) is 19.8 Å². The quantitative estimate of drug-likeness (QED) is 0.504. The fraction of sp³-hybridized carbons (Fsp3) is 0.400. The van der Waals surface area contributed by atoms with E-state index < -0.39 is 0 Å². The van der Waals surface area contributed by atoms with Gasteiger partial charge in [-0.3, -0.25) is 0 Å². The number of hydrogen-bond donors (Lipinski definition) is 0. The Bertz CT molecular complexity index is 207. The van der Waals surface area contributed by atoms with Gasteiger partial charge in [0.25, 0.3) is 0 Å². The average Bonchev–Trinajstić information content (AvgIpc) is 1.88. The molecule has 0 fully saturated rings. The monoisotopic (exact) mass is 364 g/mol. The third kappa shape index (κ3) is 5.88. The summed E-state index contributed by atoms with van der Waals surface area (Å²) in [6.07, 6.45) is 0. The molecule has 0 aliphatic rings. The zero-order chi connectivity index (χ0) is 7.56. The number of hydrogen-bond acceptors (Lipinski definition) is 0. The number of halogens is 2. The Hall–Kier alpha value is -0.284. The molecule has 0 bridgehead atoms. The van der Waals surface area contributed by atoms with Crippen LogP contribution in [0.25, 0.3) is 0 Å². The first-order valence-electron chi connectivity index (χ1n) is 3.76. The summed E-state index contributed by atoms with van der Waals surface area (Å²) in [5.74, 6) is 0.653. The van der Waals surface area contributed by atoms with Gasteiger partial charge >= 0.3 is 19.8 Å². The third-order valence-electron chi connectivity index (χ3n) is 1.74. The average molecular weight is 362 g/mol. The normalized spacial score (nSPS) is 8.00. The Kier molecular flexibility index (Phi) is 11.8. The second-order valence-corrected chi connectivity index (χ2v) is 3.07. The zero-order valence-corrected chi connectivity index (χ0v) is 10.5. The first-order valence-corrected chi connectivity index (χ1v) is 3.76. The minimum Gasteiger partial charge on any atom is -1.00 e. The van der Waals surface area contributed by atoms with Gasteiger partial charge in [0.2, 0.25) is 0 Å². The van der Waals surface area contributed by atoms with Crippen LogP contribution in [0.15, 0.2) is 24.3 Å². The Morgan fingerprint density at radius 3 is 1.62 bits per heavy atom. The van der Waals surface area contributed by atoms with Gasteiger partial charge in [-0.1, -0.05) is 43.7 Å². The summed E-state index contributed by atoms with van der Waals surface area (Å²) in [6.45, 7) is 6.54. The SMILES string of the molecule is Cc1ccc(C(C)C)cc1.[F-].[F-].[Os+2]. The number of aryl methyl sites for hydroxylation is 1. The molecule has 0 saturated heterocycles. The molecule has 0 aliphatic carbocycles. The molecular formula is C10H14F2Os. The molecule has 1 rings (SSSR count). The summed E-state index contributed by atoms with van der Waals surface area (Å²) in [7, 11) is 0. The van der Waals surface area contributed by atoms with Gasteiger partial charge in [0, 0.05) is 0 Å². The van der Waals surface area contributed by atoms with Gasteiger partial charge in [0.05, 0.1) is 0 Å². The van der Waals surface area contributed by atoms with E-state index in [9.17, 15) is 0 Å². The summed E-state index contributed by atoms with van der Waals surface area (Å²) >= 11 is 0. The van der Waals surface area contributed by atoms with E-state index >= 15 is 0 Å². The van der Waals surface area contributed by atoms with E-state index in [1.165, 1.54) is 11.1 Å². The summed E-state index contributed by atoms with van der Waals surface area (Å²) in [4.78, 5) is 0. The number of benzene rings is 1. The molecule has 3 heteroatoms. The van der Waals surface area contributed by atoms with Crippen LogP contribution in [0.5, 0.6) is 0 Å². The molecule has 0 aliphatic heterocycles. The molecule has 0 saturated carbocycles. The predicted molar refractivity (Wildman–Crippen MR) is 45.3 cm³/mol. The number of rotatable bonds is 1. The minimum atomic E-state index is 0. The van der Waals surface area contributed by atoms with Crippen molar-refractivity contribution in [3.05, 3.63) is 35.4 Å². The van der Waals surface area contributed by atoms with E-state index in [1.807, 2.05) is 0 Å². The van der Waals surface area contributed by atoms with Gasteiger partial charge in [0.15, 0.2) is 0 Å². The van der Waals surface area contributed by atoms with Crippen LogP contribution >= 0.6 is 0 Å². The molecule has 76 valence electrons. The zero-order valence-electron chi connectivity index (χ0n) is 8.00. The fourth-order valence-corrected chi connectivity index (χ4v) is 0.951. The first-order chi connectivity index (χ1) is 4.70. The van der Waals surface area contributed by atoms with Gasteiger partial charge in [-0.05, 0) is 18.4 Å².